The first-order valence-corrected chi connectivity index (χ1v) is 11.9. The Kier molecular flexibility index (Phi) is 9.68. The van der Waals surface area contributed by atoms with Crippen molar-refractivity contribution in [3.05, 3.63) is 12.4 Å². The van der Waals surface area contributed by atoms with Gasteiger partial charge in [0.2, 0.25) is 0 Å². The number of hydrogen-bond donors (Lipinski definition) is 0. The summed E-state index contributed by atoms with van der Waals surface area (Å²) in [6, 6.07) is 0. The maximum absolute atomic E-state index is 12.5. The Morgan fingerprint density at radius 1 is 0.792 bits per heavy atom. The monoisotopic (exact) mass is 356 g/mol. The number of rotatable bonds is 11. The molecule has 0 N–H and O–H groups in total. The van der Waals surface area contributed by atoms with E-state index >= 15 is 0 Å². The van der Waals surface area contributed by atoms with Crippen LogP contribution in [0.25, 0.3) is 0 Å². The van der Waals surface area contributed by atoms with E-state index in [9.17, 15) is 4.57 Å². The lowest BCUT2D eigenvalue weighted by Crippen LogP contribution is -2.08. The molecule has 2 saturated carbocycles. The predicted octanol–water partition coefficient (Wildman–Crippen LogP) is 7.08. The first kappa shape index (κ1) is 20.2. The summed E-state index contributed by atoms with van der Waals surface area (Å²) in [7, 11) is -3.08. The predicted molar refractivity (Wildman–Crippen MR) is 101 cm³/mol. The molecule has 0 saturated heterocycles. The van der Waals surface area contributed by atoms with E-state index in [2.05, 4.69) is 6.58 Å². The van der Waals surface area contributed by atoms with Crippen LogP contribution < -0.4 is 0 Å². The van der Waals surface area contributed by atoms with Gasteiger partial charge >= 0.3 is 7.60 Å². The Balaban J connectivity index is 1.54. The first-order valence-electron chi connectivity index (χ1n) is 10.2. The van der Waals surface area contributed by atoms with Gasteiger partial charge in [-0.25, -0.2) is 0 Å². The van der Waals surface area contributed by atoms with Crippen LogP contribution >= 0.6 is 7.60 Å². The highest BCUT2D eigenvalue weighted by molar-refractivity contribution is 7.57. The Hall–Kier alpha value is -0.110. The third-order valence-electron chi connectivity index (χ3n) is 5.73. The van der Waals surface area contributed by atoms with Gasteiger partial charge in [-0.05, 0) is 37.5 Å². The lowest BCUT2D eigenvalue weighted by atomic mass is 9.86. The Bertz CT molecular complexity index is 354. The molecular formula is C20H37O3P. The van der Waals surface area contributed by atoms with Crippen molar-refractivity contribution in [3.63, 3.8) is 0 Å². The van der Waals surface area contributed by atoms with E-state index in [1.165, 1.54) is 82.9 Å². The van der Waals surface area contributed by atoms with E-state index in [1.807, 2.05) is 0 Å². The lowest BCUT2D eigenvalue weighted by Gasteiger charge is -2.22. The van der Waals surface area contributed by atoms with Gasteiger partial charge in [-0.2, -0.15) is 0 Å². The van der Waals surface area contributed by atoms with Crippen molar-refractivity contribution >= 4 is 7.60 Å². The maximum atomic E-state index is 12.5. The minimum absolute atomic E-state index is 0.530. The van der Waals surface area contributed by atoms with Crippen LogP contribution in [-0.2, 0) is 13.6 Å². The van der Waals surface area contributed by atoms with E-state index in [0.717, 1.165) is 24.7 Å². The molecule has 0 bridgehead atoms. The minimum Gasteiger partial charge on any atom is -0.306 e. The molecule has 0 aromatic heterocycles. The minimum atomic E-state index is -3.08. The third kappa shape index (κ3) is 7.85. The standard InChI is InChI=1S/C20H37O3P/c1-2-24(21,22-17-9-15-19-11-5-3-6-12-19)23-18-10-16-20-13-7-4-8-14-20/h2,19-20H,1,3-18H2. The Labute approximate surface area is 149 Å². The van der Waals surface area contributed by atoms with Gasteiger partial charge in [0.15, 0.2) is 0 Å². The largest absolute Gasteiger partial charge is 0.353 e. The van der Waals surface area contributed by atoms with Crippen LogP contribution in [0, 0.1) is 11.8 Å². The summed E-state index contributed by atoms with van der Waals surface area (Å²) in [5.41, 5.74) is 0. The molecule has 0 aromatic carbocycles. The molecule has 0 unspecified atom stereocenters. The van der Waals surface area contributed by atoms with Gasteiger partial charge in [0.1, 0.15) is 0 Å². The zero-order valence-corrected chi connectivity index (χ0v) is 16.3. The number of hydrogen-bond acceptors (Lipinski definition) is 3. The molecule has 0 radical (unpaired) electrons. The summed E-state index contributed by atoms with van der Waals surface area (Å²) in [4.78, 5) is 0. The van der Waals surface area contributed by atoms with E-state index in [0.29, 0.717) is 13.2 Å². The van der Waals surface area contributed by atoms with Crippen LogP contribution in [0.4, 0.5) is 0 Å². The molecule has 0 aliphatic heterocycles. The topological polar surface area (TPSA) is 35.5 Å². The highest BCUT2D eigenvalue weighted by Gasteiger charge is 2.21. The molecule has 2 aliphatic rings. The van der Waals surface area contributed by atoms with E-state index in [1.54, 1.807) is 0 Å². The second kappa shape index (κ2) is 11.5. The van der Waals surface area contributed by atoms with Crippen molar-refractivity contribution in [2.75, 3.05) is 13.2 Å². The molecule has 140 valence electrons. The molecule has 24 heavy (non-hydrogen) atoms. The van der Waals surface area contributed by atoms with E-state index < -0.39 is 7.60 Å². The van der Waals surface area contributed by atoms with Crippen LogP contribution in [0.5, 0.6) is 0 Å². The summed E-state index contributed by atoms with van der Waals surface area (Å²) >= 11 is 0. The fourth-order valence-electron chi connectivity index (χ4n) is 4.22. The second-order valence-electron chi connectivity index (χ2n) is 7.68. The zero-order valence-electron chi connectivity index (χ0n) is 15.4. The summed E-state index contributed by atoms with van der Waals surface area (Å²) in [5.74, 6) is 3.08. The molecule has 3 nitrogen and oxygen atoms in total. The van der Waals surface area contributed by atoms with Crippen molar-refractivity contribution in [2.45, 2.75) is 89.9 Å². The smallest absolute Gasteiger partial charge is 0.306 e. The van der Waals surface area contributed by atoms with Crippen LogP contribution in [0.3, 0.4) is 0 Å². The molecule has 0 amide bonds. The van der Waals surface area contributed by atoms with E-state index in [4.69, 9.17) is 9.05 Å². The van der Waals surface area contributed by atoms with Crippen LogP contribution in [0.1, 0.15) is 89.9 Å². The van der Waals surface area contributed by atoms with Crippen molar-refractivity contribution in [3.8, 4) is 0 Å². The average molecular weight is 356 g/mol. The molecule has 0 heterocycles. The molecule has 0 spiro atoms. The lowest BCUT2D eigenvalue weighted by molar-refractivity contribution is 0.194. The summed E-state index contributed by atoms with van der Waals surface area (Å²) in [5, 5.41) is 0. The van der Waals surface area contributed by atoms with Gasteiger partial charge in [0.05, 0.1) is 13.2 Å². The van der Waals surface area contributed by atoms with Gasteiger partial charge in [-0.15, -0.1) is 0 Å². The van der Waals surface area contributed by atoms with E-state index in [-0.39, 0.29) is 0 Å². The Morgan fingerprint density at radius 2 is 1.21 bits per heavy atom. The quantitative estimate of drug-likeness (QED) is 0.293. The molecular weight excluding hydrogens is 319 g/mol. The third-order valence-corrected chi connectivity index (χ3v) is 7.26. The maximum Gasteiger partial charge on any atom is 0.353 e. The van der Waals surface area contributed by atoms with Gasteiger partial charge in [-0.1, -0.05) is 70.8 Å². The molecule has 0 aromatic rings. The van der Waals surface area contributed by atoms with Crippen molar-refractivity contribution in [1.29, 1.82) is 0 Å². The van der Waals surface area contributed by atoms with Gasteiger partial charge in [-0.3, -0.25) is 4.57 Å². The summed E-state index contributed by atoms with van der Waals surface area (Å²) < 4.78 is 23.7. The molecule has 2 fully saturated rings. The molecule has 2 aliphatic carbocycles. The second-order valence-corrected chi connectivity index (χ2v) is 9.64. The highest BCUT2D eigenvalue weighted by Crippen LogP contribution is 2.49. The SMILES string of the molecule is C=CP(=O)(OCCCC1CCCCC1)OCCCC1CCCCC1. The molecule has 2 rings (SSSR count). The van der Waals surface area contributed by atoms with Crippen LogP contribution in [0.15, 0.2) is 12.4 Å². The zero-order chi connectivity index (χ0) is 17.1. The van der Waals surface area contributed by atoms with Crippen molar-refractivity contribution in [2.24, 2.45) is 11.8 Å². The molecule has 0 atom stereocenters. The van der Waals surface area contributed by atoms with Crippen molar-refractivity contribution in [1.82, 2.24) is 0 Å². The fraction of sp³-hybridized carbons (Fsp3) is 0.900. The van der Waals surface area contributed by atoms with Crippen molar-refractivity contribution < 1.29 is 13.6 Å². The summed E-state index contributed by atoms with van der Waals surface area (Å²) in [6.45, 7) is 4.72. The summed E-state index contributed by atoms with van der Waals surface area (Å²) in [6.07, 6.45) is 18.1. The van der Waals surface area contributed by atoms with Crippen LogP contribution in [-0.4, -0.2) is 13.2 Å². The first-order chi connectivity index (χ1) is 11.7. The van der Waals surface area contributed by atoms with Crippen LogP contribution in [0.2, 0.25) is 0 Å². The van der Waals surface area contributed by atoms with Gasteiger partial charge in [0.25, 0.3) is 0 Å². The highest BCUT2D eigenvalue weighted by atomic mass is 31.2. The van der Waals surface area contributed by atoms with Gasteiger partial charge in [0, 0.05) is 5.82 Å². The fourth-order valence-corrected chi connectivity index (χ4v) is 5.27. The van der Waals surface area contributed by atoms with Gasteiger partial charge < -0.3 is 9.05 Å². The molecule has 4 heteroatoms. The average Bonchev–Trinajstić information content (AvgIpc) is 2.64. The normalized spacial score (nSPS) is 21.0. The Morgan fingerprint density at radius 3 is 1.58 bits per heavy atom.